The lowest BCUT2D eigenvalue weighted by Gasteiger charge is -2.26. The lowest BCUT2D eigenvalue weighted by molar-refractivity contribution is -0.905. The largest absolute Gasteiger partial charge is 0.423 e. The number of alkyl halides is 3. The Balaban J connectivity index is 1.83. The molecule has 0 radical (unpaired) electrons. The number of ether oxygens (including phenoxy) is 1. The SMILES string of the molecule is CC(C)(C)c1nc2cc(S(=O)(=O)c3cc[n+](O)cc3C(F)(F)F)ccc2n1CC1CCOCC1. The highest BCUT2D eigenvalue weighted by Crippen LogP contribution is 2.37. The van der Waals surface area contributed by atoms with Gasteiger partial charge in [-0.15, -0.1) is 0 Å². The average molecular weight is 499 g/mol. The molecule has 0 unspecified atom stereocenters. The molecule has 11 heteroatoms. The van der Waals surface area contributed by atoms with Crippen LogP contribution in [0.5, 0.6) is 0 Å². The number of hydrogen-bond donors (Lipinski definition) is 1. The molecule has 0 spiro atoms. The summed E-state index contributed by atoms with van der Waals surface area (Å²) in [6, 6.07) is 4.98. The summed E-state index contributed by atoms with van der Waals surface area (Å²) in [6.45, 7) is 8.11. The lowest BCUT2D eigenvalue weighted by atomic mass is 9.94. The second kappa shape index (κ2) is 8.53. The molecule has 1 aliphatic heterocycles. The molecule has 3 heterocycles. The van der Waals surface area contributed by atoms with Crippen LogP contribution in [0.3, 0.4) is 0 Å². The number of rotatable bonds is 4. The zero-order valence-electron chi connectivity index (χ0n) is 19.1. The molecule has 0 atom stereocenters. The average Bonchev–Trinajstić information content (AvgIpc) is 3.12. The Labute approximate surface area is 195 Å². The van der Waals surface area contributed by atoms with E-state index in [-0.39, 0.29) is 15.0 Å². The number of sulfone groups is 1. The van der Waals surface area contributed by atoms with Crippen LogP contribution in [0.15, 0.2) is 46.5 Å². The number of imidazole rings is 1. The van der Waals surface area contributed by atoms with Crippen LogP contribution in [0.25, 0.3) is 11.0 Å². The van der Waals surface area contributed by atoms with Crippen LogP contribution >= 0.6 is 0 Å². The second-order valence-corrected chi connectivity index (χ2v) is 11.5. The number of hydrogen-bond acceptors (Lipinski definition) is 5. The standard InChI is InChI=1S/C23H27F3N3O4S/c1-22(2,3)21-27-18-12-16(4-5-19(18)29(21)13-15-7-10-33-11-8-15)34(31,32)20-6-9-28(30)14-17(20)23(24,25)26/h4-6,9,12,14-15,30H,7-8,10-11,13H2,1-3H3/q+1. The third-order valence-corrected chi connectivity index (χ3v) is 7.79. The van der Waals surface area contributed by atoms with Gasteiger partial charge in [0.25, 0.3) is 0 Å². The molecular weight excluding hydrogens is 471 g/mol. The molecule has 0 aliphatic carbocycles. The lowest BCUT2D eigenvalue weighted by Crippen LogP contribution is -2.32. The van der Waals surface area contributed by atoms with E-state index in [0.29, 0.717) is 37.4 Å². The van der Waals surface area contributed by atoms with Gasteiger partial charge in [0.05, 0.1) is 20.8 Å². The number of benzene rings is 1. The first-order valence-electron chi connectivity index (χ1n) is 10.9. The molecule has 0 bridgehead atoms. The van der Waals surface area contributed by atoms with E-state index in [2.05, 4.69) is 4.57 Å². The van der Waals surface area contributed by atoms with Crippen LogP contribution in [0.2, 0.25) is 0 Å². The predicted molar refractivity (Wildman–Crippen MR) is 116 cm³/mol. The van der Waals surface area contributed by atoms with Crippen LogP contribution in [-0.4, -0.2) is 36.4 Å². The summed E-state index contributed by atoms with van der Waals surface area (Å²) >= 11 is 0. The van der Waals surface area contributed by atoms with Crippen molar-refractivity contribution in [2.24, 2.45) is 5.92 Å². The van der Waals surface area contributed by atoms with Crippen molar-refractivity contribution in [1.29, 1.82) is 0 Å². The summed E-state index contributed by atoms with van der Waals surface area (Å²) in [5.74, 6) is 1.17. The highest BCUT2D eigenvalue weighted by molar-refractivity contribution is 7.91. The second-order valence-electron chi connectivity index (χ2n) is 9.61. The van der Waals surface area contributed by atoms with Gasteiger partial charge in [0.1, 0.15) is 11.4 Å². The maximum absolute atomic E-state index is 13.5. The summed E-state index contributed by atoms with van der Waals surface area (Å²) in [6.07, 6.45) is -1.96. The normalized spacial score (nSPS) is 16.3. The fourth-order valence-electron chi connectivity index (χ4n) is 4.27. The molecule has 1 N–H and O–H groups in total. The summed E-state index contributed by atoms with van der Waals surface area (Å²) < 4.78 is 74.7. The number of halogens is 3. The molecule has 184 valence electrons. The van der Waals surface area contributed by atoms with Crippen molar-refractivity contribution in [3.63, 3.8) is 0 Å². The fraction of sp³-hybridized carbons (Fsp3) is 0.478. The molecule has 34 heavy (non-hydrogen) atoms. The first-order valence-corrected chi connectivity index (χ1v) is 12.4. The number of fused-ring (bicyclic) bond motifs is 1. The Morgan fingerprint density at radius 3 is 2.47 bits per heavy atom. The summed E-state index contributed by atoms with van der Waals surface area (Å²) in [5.41, 5.74) is -0.647. The van der Waals surface area contributed by atoms with Crippen molar-refractivity contribution >= 4 is 20.9 Å². The van der Waals surface area contributed by atoms with Crippen molar-refractivity contribution in [2.45, 2.75) is 61.5 Å². The molecule has 1 saturated heterocycles. The van der Waals surface area contributed by atoms with Gasteiger partial charge in [-0.2, -0.15) is 13.2 Å². The molecule has 0 amide bonds. The Morgan fingerprint density at radius 1 is 1.18 bits per heavy atom. The number of nitrogens with zero attached hydrogens (tertiary/aromatic N) is 3. The molecular formula is C23H27F3N3O4S+. The van der Waals surface area contributed by atoms with Crippen molar-refractivity contribution in [3.05, 3.63) is 48.0 Å². The third-order valence-electron chi connectivity index (χ3n) is 5.98. The van der Waals surface area contributed by atoms with E-state index in [4.69, 9.17) is 9.72 Å². The molecule has 7 nitrogen and oxygen atoms in total. The molecule has 1 fully saturated rings. The molecule has 4 rings (SSSR count). The van der Waals surface area contributed by atoms with E-state index in [1.165, 1.54) is 12.1 Å². The Morgan fingerprint density at radius 2 is 1.85 bits per heavy atom. The van der Waals surface area contributed by atoms with Gasteiger partial charge in [0.15, 0.2) is 0 Å². The third kappa shape index (κ3) is 4.63. The molecule has 2 aromatic heterocycles. The van der Waals surface area contributed by atoms with Crippen molar-refractivity contribution in [1.82, 2.24) is 9.55 Å². The van der Waals surface area contributed by atoms with Crippen LogP contribution < -0.4 is 4.73 Å². The van der Waals surface area contributed by atoms with E-state index in [1.54, 1.807) is 6.07 Å². The van der Waals surface area contributed by atoms with E-state index in [9.17, 15) is 26.8 Å². The van der Waals surface area contributed by atoms with Gasteiger partial charge < -0.3 is 9.30 Å². The summed E-state index contributed by atoms with van der Waals surface area (Å²) in [5, 5.41) is 9.42. The first kappa shape index (κ1) is 24.5. The van der Waals surface area contributed by atoms with E-state index in [1.807, 2.05) is 20.8 Å². The maximum atomic E-state index is 13.5. The molecule has 3 aromatic rings. The molecule has 0 saturated carbocycles. The summed E-state index contributed by atoms with van der Waals surface area (Å²) in [7, 11) is -4.54. The maximum Gasteiger partial charge on any atom is 0.423 e. The minimum Gasteiger partial charge on any atom is -0.381 e. The Hall–Kier alpha value is -2.66. The minimum atomic E-state index is -4.97. The zero-order valence-corrected chi connectivity index (χ0v) is 19.9. The van der Waals surface area contributed by atoms with Gasteiger partial charge >= 0.3 is 6.18 Å². The van der Waals surface area contributed by atoms with Crippen molar-refractivity contribution in [2.75, 3.05) is 13.2 Å². The quantitative estimate of drug-likeness (QED) is 0.432. The van der Waals surface area contributed by atoms with Crippen LogP contribution in [0, 0.1) is 5.92 Å². The van der Waals surface area contributed by atoms with Crippen molar-refractivity contribution in [3.8, 4) is 0 Å². The van der Waals surface area contributed by atoms with Crippen molar-refractivity contribution < 1.29 is 36.3 Å². The van der Waals surface area contributed by atoms with Gasteiger partial charge in [-0.1, -0.05) is 20.8 Å². The van der Waals surface area contributed by atoms with E-state index >= 15 is 0 Å². The number of pyridine rings is 1. The highest BCUT2D eigenvalue weighted by Gasteiger charge is 2.41. The monoisotopic (exact) mass is 498 g/mol. The van der Waals surface area contributed by atoms with Crippen LogP contribution in [-0.2, 0) is 32.7 Å². The minimum absolute atomic E-state index is 0.179. The van der Waals surface area contributed by atoms with Gasteiger partial charge in [0.2, 0.25) is 22.2 Å². The van der Waals surface area contributed by atoms with Crippen LogP contribution in [0.1, 0.15) is 45.0 Å². The van der Waals surface area contributed by atoms with Gasteiger partial charge in [0, 0.05) is 36.0 Å². The van der Waals surface area contributed by atoms with Gasteiger partial charge in [-0.3, -0.25) is 5.21 Å². The summed E-state index contributed by atoms with van der Waals surface area (Å²) in [4.78, 5) is 3.48. The smallest absolute Gasteiger partial charge is 0.381 e. The highest BCUT2D eigenvalue weighted by atomic mass is 32.2. The predicted octanol–water partition coefficient (Wildman–Crippen LogP) is 4.14. The zero-order chi connectivity index (χ0) is 24.9. The van der Waals surface area contributed by atoms with E-state index in [0.717, 1.165) is 36.4 Å². The van der Waals surface area contributed by atoms with E-state index < -0.39 is 26.5 Å². The fourth-order valence-corrected chi connectivity index (χ4v) is 5.73. The van der Waals surface area contributed by atoms with Crippen LogP contribution in [0.4, 0.5) is 13.2 Å². The Kier molecular flexibility index (Phi) is 6.14. The molecule has 1 aliphatic rings. The van der Waals surface area contributed by atoms with Gasteiger partial charge in [-0.25, -0.2) is 13.4 Å². The number of aromatic nitrogens is 3. The Bertz CT molecular complexity index is 1320. The topological polar surface area (TPSA) is 85.3 Å². The molecule has 1 aromatic carbocycles. The first-order chi connectivity index (χ1) is 15.8. The van der Waals surface area contributed by atoms with Gasteiger partial charge in [-0.05, 0) is 37.0 Å².